The van der Waals surface area contributed by atoms with E-state index in [1.165, 1.54) is 0 Å². The number of thioether (sulfide) groups is 1. The Balaban J connectivity index is 1.58. The SMILES string of the molecule is Cc1nc2c3ccccc3nc(SCc3nc4cscc4[nH]3)n2n1. The maximum Gasteiger partial charge on any atom is 0.191 e. The van der Waals surface area contributed by atoms with Crippen LogP contribution in [0.2, 0.25) is 0 Å². The normalized spacial score (nSPS) is 11.9. The second-order valence-corrected chi connectivity index (χ2v) is 7.13. The van der Waals surface area contributed by atoms with Crippen molar-refractivity contribution in [2.45, 2.75) is 17.8 Å². The van der Waals surface area contributed by atoms with Crippen LogP contribution in [0.1, 0.15) is 11.6 Å². The summed E-state index contributed by atoms with van der Waals surface area (Å²) < 4.78 is 1.83. The van der Waals surface area contributed by atoms with Gasteiger partial charge >= 0.3 is 0 Å². The van der Waals surface area contributed by atoms with Crippen molar-refractivity contribution >= 4 is 50.7 Å². The van der Waals surface area contributed by atoms with Crippen molar-refractivity contribution in [2.24, 2.45) is 0 Å². The van der Waals surface area contributed by atoms with E-state index >= 15 is 0 Å². The van der Waals surface area contributed by atoms with Crippen molar-refractivity contribution in [2.75, 3.05) is 0 Å². The molecule has 5 aromatic rings. The minimum Gasteiger partial charge on any atom is -0.341 e. The predicted octanol–water partition coefficient (Wildman–Crippen LogP) is 3.82. The standard InChI is InChI=1S/C16H12N6S2/c1-9-17-15-10-4-2-3-5-11(10)20-16(22(15)21-9)24-8-14-18-12-6-23-7-13(12)19-14/h2-7H,8H2,1H3,(H,18,19). The smallest absolute Gasteiger partial charge is 0.191 e. The molecule has 0 aliphatic heterocycles. The highest BCUT2D eigenvalue weighted by Crippen LogP contribution is 2.26. The minimum atomic E-state index is 0.707. The Bertz CT molecular complexity index is 1160. The highest BCUT2D eigenvalue weighted by molar-refractivity contribution is 7.98. The van der Waals surface area contributed by atoms with E-state index in [1.54, 1.807) is 23.1 Å². The first-order valence-electron chi connectivity index (χ1n) is 7.43. The molecule has 0 fully saturated rings. The van der Waals surface area contributed by atoms with E-state index in [4.69, 9.17) is 4.98 Å². The molecule has 0 radical (unpaired) electrons. The Morgan fingerprint density at radius 1 is 1.12 bits per heavy atom. The van der Waals surface area contributed by atoms with Gasteiger partial charge in [-0.25, -0.2) is 15.0 Å². The summed E-state index contributed by atoms with van der Waals surface area (Å²) in [6, 6.07) is 8.02. The number of aromatic amines is 1. The van der Waals surface area contributed by atoms with Crippen LogP contribution < -0.4 is 0 Å². The largest absolute Gasteiger partial charge is 0.341 e. The fraction of sp³-hybridized carbons (Fsp3) is 0.125. The van der Waals surface area contributed by atoms with Gasteiger partial charge in [0, 0.05) is 16.1 Å². The lowest BCUT2D eigenvalue weighted by molar-refractivity contribution is 0.796. The number of H-pyrrole nitrogens is 1. The molecule has 0 bridgehead atoms. The monoisotopic (exact) mass is 352 g/mol. The number of aromatic nitrogens is 6. The van der Waals surface area contributed by atoms with Gasteiger partial charge in [-0.15, -0.1) is 16.4 Å². The summed E-state index contributed by atoms with van der Waals surface area (Å²) in [5.74, 6) is 2.39. The van der Waals surface area contributed by atoms with Gasteiger partial charge in [-0.05, 0) is 19.1 Å². The molecule has 0 spiro atoms. The predicted molar refractivity (Wildman–Crippen MR) is 96.6 cm³/mol. The number of fused-ring (bicyclic) bond motifs is 4. The number of nitrogens with zero attached hydrogens (tertiary/aromatic N) is 5. The number of aryl methyl sites for hydroxylation is 1. The number of imidazole rings is 1. The number of benzene rings is 1. The van der Waals surface area contributed by atoms with Crippen molar-refractivity contribution in [3.05, 3.63) is 46.7 Å². The fourth-order valence-electron chi connectivity index (χ4n) is 2.73. The molecule has 0 saturated heterocycles. The van der Waals surface area contributed by atoms with Crippen molar-refractivity contribution in [3.8, 4) is 0 Å². The number of hydrogen-bond donors (Lipinski definition) is 1. The van der Waals surface area contributed by atoms with Gasteiger partial charge in [-0.2, -0.15) is 4.52 Å². The summed E-state index contributed by atoms with van der Waals surface area (Å²) in [6.45, 7) is 1.90. The van der Waals surface area contributed by atoms with Gasteiger partial charge in [-0.1, -0.05) is 23.9 Å². The third-order valence-electron chi connectivity index (χ3n) is 3.77. The second kappa shape index (κ2) is 5.29. The summed E-state index contributed by atoms with van der Waals surface area (Å²) >= 11 is 3.26. The summed E-state index contributed by atoms with van der Waals surface area (Å²) in [5, 5.41) is 10.5. The Morgan fingerprint density at radius 3 is 2.96 bits per heavy atom. The average Bonchev–Trinajstić information content (AvgIpc) is 3.26. The van der Waals surface area contributed by atoms with E-state index in [0.29, 0.717) is 5.75 Å². The first kappa shape index (κ1) is 13.9. The van der Waals surface area contributed by atoms with Crippen molar-refractivity contribution in [3.63, 3.8) is 0 Å². The van der Waals surface area contributed by atoms with Crippen molar-refractivity contribution < 1.29 is 0 Å². The summed E-state index contributed by atoms with van der Waals surface area (Å²) in [5.41, 5.74) is 3.88. The van der Waals surface area contributed by atoms with E-state index in [1.807, 2.05) is 41.1 Å². The Morgan fingerprint density at radius 2 is 2.04 bits per heavy atom. The quantitative estimate of drug-likeness (QED) is 0.395. The fourth-order valence-corrected chi connectivity index (χ4v) is 4.23. The summed E-state index contributed by atoms with van der Waals surface area (Å²) in [4.78, 5) is 17.3. The molecule has 0 saturated carbocycles. The average molecular weight is 352 g/mol. The molecule has 8 heteroatoms. The van der Waals surface area contributed by atoms with E-state index in [2.05, 4.69) is 25.4 Å². The van der Waals surface area contributed by atoms with Gasteiger partial charge in [0.25, 0.3) is 0 Å². The zero-order valence-corrected chi connectivity index (χ0v) is 14.4. The molecule has 0 amide bonds. The Kier molecular flexibility index (Phi) is 3.07. The van der Waals surface area contributed by atoms with Crippen LogP contribution in [0.3, 0.4) is 0 Å². The summed E-state index contributed by atoms with van der Waals surface area (Å²) in [6.07, 6.45) is 0. The number of para-hydroxylation sites is 1. The molecule has 0 aliphatic carbocycles. The second-order valence-electron chi connectivity index (χ2n) is 5.45. The number of thiophene rings is 1. The molecule has 4 heterocycles. The van der Waals surface area contributed by atoms with Gasteiger partial charge in [-0.3, -0.25) is 0 Å². The minimum absolute atomic E-state index is 0.707. The molecule has 6 nitrogen and oxygen atoms in total. The van der Waals surface area contributed by atoms with Crippen LogP contribution in [0, 0.1) is 6.92 Å². The number of hydrogen-bond acceptors (Lipinski definition) is 6. The topological polar surface area (TPSA) is 71.8 Å². The Hall–Kier alpha value is -2.45. The van der Waals surface area contributed by atoms with E-state index in [0.717, 1.165) is 44.4 Å². The van der Waals surface area contributed by atoms with E-state index in [-0.39, 0.29) is 0 Å². The molecule has 0 unspecified atom stereocenters. The van der Waals surface area contributed by atoms with Crippen LogP contribution in [-0.2, 0) is 5.75 Å². The lowest BCUT2D eigenvalue weighted by Gasteiger charge is -2.05. The van der Waals surface area contributed by atoms with Crippen LogP contribution in [-0.4, -0.2) is 29.5 Å². The first-order chi connectivity index (χ1) is 11.8. The van der Waals surface area contributed by atoms with Crippen molar-refractivity contribution in [1.29, 1.82) is 0 Å². The lowest BCUT2D eigenvalue weighted by Crippen LogP contribution is -1.99. The maximum absolute atomic E-state index is 4.76. The molecular formula is C16H12N6S2. The van der Waals surface area contributed by atoms with Gasteiger partial charge in [0.05, 0.1) is 22.3 Å². The molecule has 0 atom stereocenters. The zero-order valence-electron chi connectivity index (χ0n) is 12.7. The highest BCUT2D eigenvalue weighted by atomic mass is 32.2. The molecule has 0 aliphatic rings. The molecule has 1 N–H and O–H groups in total. The third kappa shape index (κ3) is 2.18. The Labute approximate surface area is 145 Å². The van der Waals surface area contributed by atoms with Crippen LogP contribution in [0.5, 0.6) is 0 Å². The van der Waals surface area contributed by atoms with Crippen LogP contribution >= 0.6 is 23.1 Å². The molecule has 5 rings (SSSR count). The highest BCUT2D eigenvalue weighted by Gasteiger charge is 2.13. The molecule has 24 heavy (non-hydrogen) atoms. The van der Waals surface area contributed by atoms with Crippen LogP contribution in [0.25, 0.3) is 27.6 Å². The molecule has 1 aromatic carbocycles. The van der Waals surface area contributed by atoms with E-state index < -0.39 is 0 Å². The van der Waals surface area contributed by atoms with Gasteiger partial charge in [0.15, 0.2) is 10.8 Å². The number of nitrogens with one attached hydrogen (secondary N) is 1. The van der Waals surface area contributed by atoms with E-state index in [9.17, 15) is 0 Å². The zero-order chi connectivity index (χ0) is 16.1. The van der Waals surface area contributed by atoms with Gasteiger partial charge in [0.1, 0.15) is 11.6 Å². The lowest BCUT2D eigenvalue weighted by atomic mass is 10.2. The maximum atomic E-state index is 4.76. The number of rotatable bonds is 3. The first-order valence-corrected chi connectivity index (χ1v) is 9.36. The molecule has 4 aromatic heterocycles. The summed E-state index contributed by atoms with van der Waals surface area (Å²) in [7, 11) is 0. The van der Waals surface area contributed by atoms with Crippen LogP contribution in [0.15, 0.2) is 40.2 Å². The van der Waals surface area contributed by atoms with Gasteiger partial charge in [0.2, 0.25) is 0 Å². The third-order valence-corrected chi connectivity index (χ3v) is 5.44. The molecular weight excluding hydrogens is 340 g/mol. The van der Waals surface area contributed by atoms with Gasteiger partial charge < -0.3 is 4.98 Å². The molecule has 118 valence electrons. The van der Waals surface area contributed by atoms with Crippen molar-refractivity contribution in [1.82, 2.24) is 29.5 Å². The van der Waals surface area contributed by atoms with Crippen LogP contribution in [0.4, 0.5) is 0 Å².